The highest BCUT2D eigenvalue weighted by Crippen LogP contribution is 2.68. The number of nitrogens with one attached hydrogen (secondary N) is 1. The summed E-state index contributed by atoms with van der Waals surface area (Å²) < 4.78 is 4.94. The van der Waals surface area contributed by atoms with E-state index in [1.807, 2.05) is 0 Å². The van der Waals surface area contributed by atoms with Crippen molar-refractivity contribution >= 4 is 40.9 Å². The maximum absolute atomic E-state index is 13.1. The van der Waals surface area contributed by atoms with Gasteiger partial charge in [-0.15, -0.1) is 11.8 Å². The van der Waals surface area contributed by atoms with E-state index in [9.17, 15) is 19.2 Å². The number of rotatable bonds is 3. The first kappa shape index (κ1) is 18.4. The van der Waals surface area contributed by atoms with Crippen LogP contribution in [0.3, 0.4) is 0 Å². The van der Waals surface area contributed by atoms with Gasteiger partial charge in [-0.25, -0.2) is 0 Å². The minimum atomic E-state index is -0.539. The Balaban J connectivity index is 1.49. The second-order valence-corrected chi connectivity index (χ2v) is 10.9. The number of thiazole rings is 1. The fourth-order valence-electron chi connectivity index (χ4n) is 6.21. The minimum absolute atomic E-state index is 0.0501. The lowest BCUT2D eigenvalue weighted by atomic mass is 9.64. The standard InChI is InChI=1S/C19H22N2O5S2/c1-4-26-9(22)6-21-16(23)10-7-5-8(11(10)17(21)24)13-12(7)19(2,3)14-15(27-13)20-18(25)28-14/h7-8,10-13H,4-6H2,1-3H3,(H,20,25)/t7-,8+,10-,11+,12-,13+/m0/s1. The summed E-state index contributed by atoms with van der Waals surface area (Å²) in [7, 11) is 0. The number of fused-ring (bicyclic) bond motifs is 9. The van der Waals surface area contributed by atoms with Crippen molar-refractivity contribution in [3.05, 3.63) is 14.5 Å². The van der Waals surface area contributed by atoms with E-state index < -0.39 is 5.97 Å². The summed E-state index contributed by atoms with van der Waals surface area (Å²) >= 11 is 2.93. The molecular weight excluding hydrogens is 400 g/mol. The van der Waals surface area contributed by atoms with E-state index in [-0.39, 0.29) is 70.1 Å². The molecule has 7 nitrogen and oxygen atoms in total. The third-order valence-electron chi connectivity index (χ3n) is 7.07. The molecule has 2 amide bonds. The number of esters is 1. The van der Waals surface area contributed by atoms with Crippen molar-refractivity contribution in [2.45, 2.75) is 42.9 Å². The van der Waals surface area contributed by atoms with Crippen LogP contribution in [0.25, 0.3) is 0 Å². The molecule has 2 bridgehead atoms. The number of nitrogens with zero attached hydrogens (tertiary/aromatic N) is 1. The monoisotopic (exact) mass is 422 g/mol. The Bertz CT molecular complexity index is 950. The van der Waals surface area contributed by atoms with E-state index in [0.717, 1.165) is 21.2 Å². The molecule has 6 atom stereocenters. The Kier molecular flexibility index (Phi) is 3.91. The van der Waals surface area contributed by atoms with Crippen LogP contribution in [-0.4, -0.2) is 46.1 Å². The van der Waals surface area contributed by atoms with Crippen molar-refractivity contribution in [2.75, 3.05) is 13.2 Å². The Morgan fingerprint density at radius 1 is 1.21 bits per heavy atom. The molecule has 3 heterocycles. The molecule has 0 radical (unpaired) electrons. The normalized spacial score (nSPS) is 37.0. The van der Waals surface area contributed by atoms with Gasteiger partial charge in [0.1, 0.15) is 6.54 Å². The van der Waals surface area contributed by atoms with Crippen LogP contribution < -0.4 is 4.87 Å². The summed E-state index contributed by atoms with van der Waals surface area (Å²) in [4.78, 5) is 55.1. The van der Waals surface area contributed by atoms with Gasteiger partial charge in [0.05, 0.1) is 23.5 Å². The molecule has 1 N–H and O–H groups in total. The van der Waals surface area contributed by atoms with E-state index in [2.05, 4.69) is 18.8 Å². The van der Waals surface area contributed by atoms with E-state index >= 15 is 0 Å². The number of amides is 2. The van der Waals surface area contributed by atoms with Crippen LogP contribution in [0.4, 0.5) is 0 Å². The molecule has 9 heteroatoms. The first-order valence-corrected chi connectivity index (χ1v) is 11.4. The molecule has 0 aromatic carbocycles. The summed E-state index contributed by atoms with van der Waals surface area (Å²) in [6, 6.07) is 0. The number of thioether (sulfide) groups is 1. The molecule has 0 unspecified atom stereocenters. The Morgan fingerprint density at radius 3 is 2.57 bits per heavy atom. The number of hydrogen-bond donors (Lipinski definition) is 1. The van der Waals surface area contributed by atoms with Crippen LogP contribution in [0.2, 0.25) is 0 Å². The number of carbonyl (C=O) groups is 3. The van der Waals surface area contributed by atoms with Gasteiger partial charge < -0.3 is 9.72 Å². The average Bonchev–Trinajstić information content (AvgIpc) is 3.33. The zero-order valence-corrected chi connectivity index (χ0v) is 17.5. The lowest BCUT2D eigenvalue weighted by molar-refractivity contribution is -0.153. The van der Waals surface area contributed by atoms with Gasteiger partial charge in [0.15, 0.2) is 0 Å². The fourth-order valence-corrected chi connectivity index (χ4v) is 9.36. The SMILES string of the molecule is CCOC(=O)CN1C(=O)[C@@H]2[C@H]3C[C@@H]([C@@H]2C1=O)[C@H]1[C@@H]3Sc2[nH]c(=O)sc2C1(C)C. The quantitative estimate of drug-likeness (QED) is 0.587. The maximum atomic E-state index is 13.1. The Hall–Kier alpha value is -1.61. The van der Waals surface area contributed by atoms with Gasteiger partial charge in [-0.3, -0.25) is 24.1 Å². The molecule has 4 aliphatic rings. The fraction of sp³-hybridized carbons (Fsp3) is 0.684. The van der Waals surface area contributed by atoms with Crippen LogP contribution >= 0.6 is 23.1 Å². The molecular formula is C19H22N2O5S2. The van der Waals surface area contributed by atoms with Crippen molar-refractivity contribution < 1.29 is 19.1 Å². The molecule has 1 saturated heterocycles. The lowest BCUT2D eigenvalue weighted by Gasteiger charge is -2.47. The number of H-pyrrole nitrogens is 1. The van der Waals surface area contributed by atoms with Gasteiger partial charge in [0, 0.05) is 15.5 Å². The first-order chi connectivity index (χ1) is 13.3. The lowest BCUT2D eigenvalue weighted by Crippen LogP contribution is -2.48. The van der Waals surface area contributed by atoms with E-state index in [0.29, 0.717) is 0 Å². The molecule has 2 saturated carbocycles. The maximum Gasteiger partial charge on any atom is 0.326 e. The zero-order valence-electron chi connectivity index (χ0n) is 15.9. The van der Waals surface area contributed by atoms with Gasteiger partial charge in [-0.1, -0.05) is 25.2 Å². The Labute approximate surface area is 170 Å². The molecule has 1 aromatic heterocycles. The number of aromatic amines is 1. The largest absolute Gasteiger partial charge is 0.465 e. The molecule has 5 rings (SSSR count). The summed E-state index contributed by atoms with van der Waals surface area (Å²) in [6.07, 6.45) is 0.866. The van der Waals surface area contributed by atoms with Gasteiger partial charge in [-0.2, -0.15) is 0 Å². The van der Waals surface area contributed by atoms with E-state index in [4.69, 9.17) is 4.74 Å². The first-order valence-electron chi connectivity index (χ1n) is 9.66. The molecule has 1 aromatic rings. The van der Waals surface area contributed by atoms with Crippen LogP contribution in [0, 0.1) is 29.6 Å². The summed E-state index contributed by atoms with van der Waals surface area (Å²) in [5, 5.41) is 1.13. The van der Waals surface area contributed by atoms with Crippen molar-refractivity contribution in [3.8, 4) is 0 Å². The van der Waals surface area contributed by atoms with Gasteiger partial charge in [0.25, 0.3) is 0 Å². The zero-order chi connectivity index (χ0) is 20.0. The second-order valence-electron chi connectivity index (χ2n) is 8.69. The van der Waals surface area contributed by atoms with Crippen LogP contribution in [0.5, 0.6) is 0 Å². The van der Waals surface area contributed by atoms with Gasteiger partial charge >= 0.3 is 10.8 Å². The number of imide groups is 1. The smallest absolute Gasteiger partial charge is 0.326 e. The van der Waals surface area contributed by atoms with Crippen LogP contribution in [0.1, 0.15) is 32.1 Å². The highest BCUT2D eigenvalue weighted by molar-refractivity contribution is 8.00. The van der Waals surface area contributed by atoms with E-state index in [1.54, 1.807) is 18.7 Å². The molecule has 0 spiro atoms. The van der Waals surface area contributed by atoms with Crippen LogP contribution in [0.15, 0.2) is 9.82 Å². The van der Waals surface area contributed by atoms with Gasteiger partial charge in [0.2, 0.25) is 11.8 Å². The molecule has 28 heavy (non-hydrogen) atoms. The summed E-state index contributed by atoms with van der Waals surface area (Å²) in [6.45, 7) is 5.95. The third kappa shape index (κ3) is 2.23. The van der Waals surface area contributed by atoms with Gasteiger partial charge in [-0.05, 0) is 31.1 Å². The number of likely N-dealkylation sites (tertiary alicyclic amines) is 1. The highest BCUT2D eigenvalue weighted by Gasteiger charge is 2.70. The van der Waals surface area contributed by atoms with Crippen molar-refractivity contribution in [1.29, 1.82) is 0 Å². The Morgan fingerprint density at radius 2 is 1.89 bits per heavy atom. The second kappa shape index (κ2) is 5.95. The minimum Gasteiger partial charge on any atom is -0.465 e. The van der Waals surface area contributed by atoms with Crippen LogP contribution in [-0.2, 0) is 24.5 Å². The number of hydrogen-bond acceptors (Lipinski definition) is 7. The summed E-state index contributed by atoms with van der Waals surface area (Å²) in [5.41, 5.74) is -0.225. The molecule has 150 valence electrons. The number of aromatic nitrogens is 1. The van der Waals surface area contributed by atoms with Crippen molar-refractivity contribution in [3.63, 3.8) is 0 Å². The highest BCUT2D eigenvalue weighted by atomic mass is 32.2. The summed E-state index contributed by atoms with van der Waals surface area (Å²) in [5.74, 6) is -1.22. The molecule has 2 aliphatic heterocycles. The topological polar surface area (TPSA) is 96.5 Å². The predicted molar refractivity (Wildman–Crippen MR) is 103 cm³/mol. The van der Waals surface area contributed by atoms with Crippen molar-refractivity contribution in [1.82, 2.24) is 9.88 Å². The predicted octanol–water partition coefficient (Wildman–Crippen LogP) is 1.62. The number of ether oxygens (including phenoxy) is 1. The number of carbonyl (C=O) groups excluding carboxylic acids is 3. The third-order valence-corrected chi connectivity index (χ3v) is 9.88. The molecule has 2 aliphatic carbocycles. The van der Waals surface area contributed by atoms with Crippen molar-refractivity contribution in [2.24, 2.45) is 29.6 Å². The van der Waals surface area contributed by atoms with E-state index in [1.165, 1.54) is 11.3 Å². The average molecular weight is 423 g/mol. The molecule has 3 fully saturated rings.